The van der Waals surface area contributed by atoms with E-state index in [1.807, 2.05) is 0 Å². The van der Waals surface area contributed by atoms with E-state index in [1.165, 1.54) is 163 Å². The van der Waals surface area contributed by atoms with Crippen LogP contribution in [0.25, 0.3) is 11.1 Å². The molecular formula is C84H110F6Mo2N6. The molecule has 0 amide bonds. The van der Waals surface area contributed by atoms with Gasteiger partial charge in [0.2, 0.25) is 0 Å². The van der Waals surface area contributed by atoms with Gasteiger partial charge < -0.3 is 31.9 Å². The predicted octanol–water partition coefficient (Wildman–Crippen LogP) is 24.4. The monoisotopic (exact) mass is 1510 g/mol. The number of nitrogens with one attached hydrogen (secondary N) is 6. The molecule has 0 aromatic heterocycles. The molecule has 8 aromatic carbocycles. The van der Waals surface area contributed by atoms with Crippen LogP contribution in [0.3, 0.4) is 0 Å². The molecule has 0 radical (unpaired) electrons. The van der Waals surface area contributed by atoms with Crippen molar-refractivity contribution in [3.63, 3.8) is 0 Å². The normalized spacial score (nSPS) is 11.0. The van der Waals surface area contributed by atoms with Crippen LogP contribution in [0.4, 0.5) is 60.5 Å². The van der Waals surface area contributed by atoms with Crippen LogP contribution in [0.1, 0.15) is 172 Å². The molecule has 0 fully saturated rings. The van der Waals surface area contributed by atoms with Crippen LogP contribution in [0.5, 0.6) is 0 Å². The second-order valence-corrected chi connectivity index (χ2v) is 28.2. The van der Waals surface area contributed by atoms with E-state index in [0.29, 0.717) is 58.5 Å². The maximum atomic E-state index is 12.7. The molecule has 98 heavy (non-hydrogen) atoms. The first-order valence-corrected chi connectivity index (χ1v) is 35.5. The van der Waals surface area contributed by atoms with Crippen LogP contribution < -0.4 is 31.9 Å². The first-order chi connectivity index (χ1) is 45.5. The van der Waals surface area contributed by atoms with Gasteiger partial charge in [0.15, 0.2) is 0 Å². The predicted molar refractivity (Wildman–Crippen MR) is 406 cm³/mol. The number of rotatable bonds is 14. The van der Waals surface area contributed by atoms with Crippen LogP contribution in [-0.4, -0.2) is 36.3 Å². The Bertz CT molecular complexity index is 3200. The fourth-order valence-corrected chi connectivity index (χ4v) is 11.6. The molecule has 6 nitrogen and oxygen atoms in total. The third-order valence-corrected chi connectivity index (χ3v) is 14.5. The Morgan fingerprint density at radius 1 is 0.255 bits per heavy atom. The number of allylic oxidation sites excluding steroid dienone is 2. The van der Waals surface area contributed by atoms with Crippen LogP contribution in [0.2, 0.25) is 0 Å². The number of benzene rings is 8. The fourth-order valence-electron chi connectivity index (χ4n) is 10.5. The van der Waals surface area contributed by atoms with Crippen LogP contribution >= 0.6 is 0 Å². The summed E-state index contributed by atoms with van der Waals surface area (Å²) in [6, 6.07) is 51.3. The Morgan fingerprint density at radius 3 is 0.490 bits per heavy atom. The van der Waals surface area contributed by atoms with E-state index >= 15 is 0 Å². The van der Waals surface area contributed by atoms with E-state index in [4.69, 9.17) is 0 Å². The molecular weight excluding hydrogens is 1400 g/mol. The first kappa shape index (κ1) is 86.9. The number of hydrogen-bond acceptors (Lipinski definition) is 6. The Hall–Kier alpha value is -7.18. The molecule has 0 saturated heterocycles. The Morgan fingerprint density at radius 2 is 0.388 bits per heavy atom. The molecule has 0 atom stereocenters. The van der Waals surface area contributed by atoms with Gasteiger partial charge >= 0.3 is 167 Å². The minimum absolute atomic E-state index is 0.466. The summed E-state index contributed by atoms with van der Waals surface area (Å²) in [7, 11) is 0. The number of alkyl halides is 6. The quantitative estimate of drug-likeness (QED) is 0.0370. The summed E-state index contributed by atoms with van der Waals surface area (Å²) in [6.07, 6.45) is -8.88. The average molecular weight is 1510 g/mol. The van der Waals surface area contributed by atoms with Crippen molar-refractivity contribution < 1.29 is 64.6 Å². The summed E-state index contributed by atoms with van der Waals surface area (Å²) in [5, 5.41) is 20.3. The maximum absolute atomic E-state index is 12.7. The topological polar surface area (TPSA) is 72.2 Å². The van der Waals surface area contributed by atoms with Gasteiger partial charge in [-0.05, 0) is 306 Å². The summed E-state index contributed by atoms with van der Waals surface area (Å²) in [5.74, 6) is 0. The molecule has 0 aliphatic rings. The molecule has 530 valence electrons. The van der Waals surface area contributed by atoms with Crippen molar-refractivity contribution in [2.75, 3.05) is 31.9 Å². The molecule has 0 spiro atoms. The molecule has 14 heteroatoms. The number of aryl methyl sites for hydroxylation is 12. The molecule has 6 N–H and O–H groups in total. The van der Waals surface area contributed by atoms with Gasteiger partial charge in [0.25, 0.3) is 0 Å². The SMILES string of the molecule is Cc1cc(C)cc(NC(C)C)c1.Cc1cc(C)cc(NC(C)C)c1.Cc1cc(C)cc(NC(C)C)c1.Cc1cc(C)cc(NC(C)C)c1.Cc1cc(C)cc(NC(C)C)c1.Cc1cc(C)cc(NC(C)C)c1.FC(F)(F)c1ccc(/C([C]#[Mo])=C(\[C]#[Mo])c2ccc(C(F)(F)F)cc2)cc1. The zero-order valence-corrected chi connectivity index (χ0v) is 66.6. The Kier molecular flexibility index (Phi) is 37.9. The van der Waals surface area contributed by atoms with Crippen LogP contribution in [0.15, 0.2) is 158 Å². The van der Waals surface area contributed by atoms with Crippen molar-refractivity contribution >= 4 is 45.3 Å². The van der Waals surface area contributed by atoms with Crippen molar-refractivity contribution in [1.29, 1.82) is 0 Å². The summed E-state index contributed by atoms with van der Waals surface area (Å²) in [6.45, 7) is 51.3. The molecule has 8 rings (SSSR count). The molecule has 0 saturated carbocycles. The Labute approximate surface area is 607 Å². The van der Waals surface area contributed by atoms with Gasteiger partial charge in [-0.1, -0.05) is 36.4 Å². The zero-order valence-electron chi connectivity index (χ0n) is 62.6. The zero-order chi connectivity index (χ0) is 74.4. The molecule has 0 bridgehead atoms. The van der Waals surface area contributed by atoms with E-state index in [9.17, 15) is 26.3 Å². The van der Waals surface area contributed by atoms with E-state index in [0.717, 1.165) is 24.3 Å². The van der Waals surface area contributed by atoms with Gasteiger partial charge in [-0.25, -0.2) is 0 Å². The average Bonchev–Trinajstić information content (AvgIpc) is 0.811. The van der Waals surface area contributed by atoms with Crippen molar-refractivity contribution in [3.8, 4) is 8.40 Å². The van der Waals surface area contributed by atoms with Crippen molar-refractivity contribution in [2.24, 2.45) is 0 Å². The van der Waals surface area contributed by atoms with Crippen LogP contribution in [-0.2, 0) is 50.7 Å². The third kappa shape index (κ3) is 36.6. The molecule has 0 heterocycles. The fraction of sp³-hybridized carbons (Fsp3) is 0.381. The van der Waals surface area contributed by atoms with Gasteiger partial charge in [-0.3, -0.25) is 0 Å². The second-order valence-electron chi connectivity index (χ2n) is 27.2. The third-order valence-electron chi connectivity index (χ3n) is 13.5. The van der Waals surface area contributed by atoms with Crippen molar-refractivity contribution in [1.82, 2.24) is 0 Å². The van der Waals surface area contributed by atoms with Crippen LogP contribution in [0, 0.1) is 91.5 Å². The Balaban J connectivity index is 0.000000400. The first-order valence-electron chi connectivity index (χ1n) is 33.5. The molecule has 0 aliphatic heterocycles. The van der Waals surface area contributed by atoms with Crippen molar-refractivity contribution in [3.05, 3.63) is 247 Å². The van der Waals surface area contributed by atoms with Gasteiger partial charge in [0.05, 0.1) is 0 Å². The summed E-state index contributed by atoms with van der Waals surface area (Å²) >= 11 is 3.00. The summed E-state index contributed by atoms with van der Waals surface area (Å²) in [5.41, 5.74) is 23.5. The standard InChI is InChI=1S/C18H8F6.6C11H17N.2Mo/c1-11(13-3-7-15(8-4-13)17(19,20)21)12(2)14-5-9-16(10-6-14)18(22,23)24;6*1-8(2)12-11-6-9(3)5-10(4)7-11;;/h3-10H;6*5-8,12H,1-4H3;;/b12-11+;;;;;;;;. The number of hydrogen-bond donors (Lipinski definition) is 6. The molecule has 0 aliphatic carbocycles. The van der Waals surface area contributed by atoms with E-state index in [2.05, 4.69) is 316 Å². The summed E-state index contributed by atoms with van der Waals surface area (Å²) < 4.78 is 82.0. The van der Waals surface area contributed by atoms with Gasteiger partial charge in [-0.15, -0.1) is 0 Å². The van der Waals surface area contributed by atoms with E-state index < -0.39 is 23.5 Å². The molecule has 8 aromatic rings. The number of halogens is 6. The summed E-state index contributed by atoms with van der Waals surface area (Å²) in [4.78, 5) is 0. The van der Waals surface area contributed by atoms with E-state index in [1.54, 1.807) is 0 Å². The molecule has 0 unspecified atom stereocenters. The van der Waals surface area contributed by atoms with E-state index in [-0.39, 0.29) is 0 Å². The van der Waals surface area contributed by atoms with Crippen molar-refractivity contribution in [2.45, 2.75) is 215 Å². The minimum atomic E-state index is -4.44. The number of anilines is 6. The van der Waals surface area contributed by atoms with Gasteiger partial charge in [-0.2, -0.15) is 0 Å². The van der Waals surface area contributed by atoms with Gasteiger partial charge in [0, 0.05) is 70.4 Å². The second kappa shape index (κ2) is 42.7. The van der Waals surface area contributed by atoms with Gasteiger partial charge in [0.1, 0.15) is 0 Å².